The Bertz CT molecular complexity index is 1390. The first-order valence-electron chi connectivity index (χ1n) is 12.0. The van der Waals surface area contributed by atoms with Crippen molar-refractivity contribution < 1.29 is 27.9 Å². The molecule has 2 heterocycles. The predicted molar refractivity (Wildman–Crippen MR) is 148 cm³/mol. The molecule has 1 amide bonds. The van der Waals surface area contributed by atoms with E-state index in [1.165, 1.54) is 19.9 Å². The van der Waals surface area contributed by atoms with Crippen molar-refractivity contribution in [1.82, 2.24) is 5.16 Å². The van der Waals surface area contributed by atoms with E-state index in [4.69, 9.17) is 20.7 Å². The molecule has 0 saturated carbocycles. The van der Waals surface area contributed by atoms with E-state index in [1.807, 2.05) is 13.8 Å². The van der Waals surface area contributed by atoms with Gasteiger partial charge in [0.1, 0.15) is 28.2 Å². The minimum atomic E-state index is -1.43. The quantitative estimate of drug-likeness (QED) is 0.169. The maximum atomic E-state index is 14.8. The summed E-state index contributed by atoms with van der Waals surface area (Å²) in [5, 5.41) is 17.1. The summed E-state index contributed by atoms with van der Waals surface area (Å²) >= 11 is 0.920. The number of hydrogen-bond acceptors (Lipinski definition) is 8. The number of ether oxygens (including phenoxy) is 1. The van der Waals surface area contributed by atoms with Crippen molar-refractivity contribution in [3.05, 3.63) is 94.2 Å². The van der Waals surface area contributed by atoms with Crippen LogP contribution in [0.25, 0.3) is 10.4 Å². The van der Waals surface area contributed by atoms with Crippen molar-refractivity contribution in [1.29, 1.82) is 0 Å². The number of primary amides is 1. The minimum Gasteiger partial charge on any atom is -0.386 e. The van der Waals surface area contributed by atoms with Gasteiger partial charge in [0.15, 0.2) is 0 Å². The van der Waals surface area contributed by atoms with Gasteiger partial charge in [0.05, 0.1) is 35.6 Å². The highest BCUT2D eigenvalue weighted by Gasteiger charge is 2.24. The van der Waals surface area contributed by atoms with Gasteiger partial charge in [-0.1, -0.05) is 29.5 Å². The van der Waals surface area contributed by atoms with Crippen LogP contribution in [0.4, 0.5) is 13.8 Å². The second kappa shape index (κ2) is 12.4. The van der Waals surface area contributed by atoms with Crippen LogP contribution in [0.15, 0.2) is 58.9 Å². The van der Waals surface area contributed by atoms with Crippen LogP contribution in [0, 0.1) is 25.5 Å². The Morgan fingerprint density at radius 1 is 1.26 bits per heavy atom. The molecule has 3 aromatic rings. The van der Waals surface area contributed by atoms with Crippen LogP contribution in [-0.4, -0.2) is 22.8 Å². The lowest BCUT2D eigenvalue weighted by molar-refractivity contribution is 0.0778. The molecular formula is C28H32F2N4O4S. The number of aryl methyl sites for hydroxylation is 2. The normalized spacial score (nSPS) is 12.3. The van der Waals surface area contributed by atoms with Gasteiger partial charge in [-0.2, -0.15) is 0 Å². The average molecular weight is 559 g/mol. The maximum Gasteiger partial charge on any atom is 0.251 e. The summed E-state index contributed by atoms with van der Waals surface area (Å²) in [6, 6.07) is 3.42. The zero-order valence-electron chi connectivity index (χ0n) is 22.2. The second-order valence-corrected chi connectivity index (χ2v) is 10.5. The summed E-state index contributed by atoms with van der Waals surface area (Å²) in [7, 11) is 0. The highest BCUT2D eigenvalue weighted by atomic mass is 32.1. The fraction of sp³-hybridized carbons (Fsp3) is 0.286. The molecule has 0 spiro atoms. The number of aromatic nitrogens is 1. The number of hydrogen-bond donors (Lipinski definition) is 4. The number of nitrogens with two attached hydrogens (primary N) is 2. The highest BCUT2D eigenvalue weighted by Crippen LogP contribution is 2.39. The Hall–Kier alpha value is -3.80. The van der Waals surface area contributed by atoms with Crippen LogP contribution < -0.4 is 16.8 Å². The number of anilines is 1. The average Bonchev–Trinajstić information content (AvgIpc) is 3.38. The summed E-state index contributed by atoms with van der Waals surface area (Å²) in [6.07, 6.45) is 5.58. The first-order valence-corrected chi connectivity index (χ1v) is 12.8. The Morgan fingerprint density at radius 3 is 2.49 bits per heavy atom. The third-order valence-corrected chi connectivity index (χ3v) is 6.92. The SMILES string of the molecule is C=C(/C=C\C=C(/N)Nc1sc(-c2c(F)cc(C(C)(C)O)cc2F)cc1C(N)=O)CCOCc1c(C)noc1C. The second-order valence-electron chi connectivity index (χ2n) is 9.46. The number of rotatable bonds is 12. The summed E-state index contributed by atoms with van der Waals surface area (Å²) in [6.45, 7) is 11.4. The molecule has 39 heavy (non-hydrogen) atoms. The van der Waals surface area contributed by atoms with E-state index in [2.05, 4.69) is 17.1 Å². The lowest BCUT2D eigenvalue weighted by Gasteiger charge is -2.18. The monoisotopic (exact) mass is 558 g/mol. The number of nitrogens with zero attached hydrogens (tertiary/aromatic N) is 1. The summed E-state index contributed by atoms with van der Waals surface area (Å²) < 4.78 is 40.5. The summed E-state index contributed by atoms with van der Waals surface area (Å²) in [4.78, 5) is 12.1. The molecule has 0 bridgehead atoms. The number of benzene rings is 1. The maximum absolute atomic E-state index is 14.8. The smallest absolute Gasteiger partial charge is 0.251 e. The molecule has 0 fully saturated rings. The Morgan fingerprint density at radius 2 is 1.92 bits per heavy atom. The van der Waals surface area contributed by atoms with E-state index in [9.17, 15) is 18.7 Å². The molecule has 208 valence electrons. The molecule has 1 aromatic carbocycles. The lowest BCUT2D eigenvalue weighted by atomic mass is 9.96. The molecule has 0 atom stereocenters. The van der Waals surface area contributed by atoms with Gasteiger partial charge in [-0.3, -0.25) is 4.79 Å². The van der Waals surface area contributed by atoms with Crippen molar-refractivity contribution in [2.24, 2.45) is 11.5 Å². The van der Waals surface area contributed by atoms with Crippen molar-refractivity contribution in [3.63, 3.8) is 0 Å². The Labute approximate surface area is 229 Å². The fourth-order valence-corrected chi connectivity index (χ4v) is 4.71. The van der Waals surface area contributed by atoms with Crippen LogP contribution in [0.5, 0.6) is 0 Å². The van der Waals surface area contributed by atoms with E-state index in [1.54, 1.807) is 18.2 Å². The van der Waals surface area contributed by atoms with Crippen LogP contribution in [0.1, 0.15) is 53.2 Å². The third-order valence-electron chi connectivity index (χ3n) is 5.85. The number of nitrogens with one attached hydrogen (secondary N) is 1. The van der Waals surface area contributed by atoms with Gasteiger partial charge in [-0.15, -0.1) is 11.3 Å². The first-order chi connectivity index (χ1) is 18.3. The number of aliphatic hydroxyl groups is 1. The number of thiophene rings is 1. The molecule has 0 aliphatic rings. The molecule has 8 nitrogen and oxygen atoms in total. The van der Waals surface area contributed by atoms with Crippen LogP contribution in [0.2, 0.25) is 0 Å². The van der Waals surface area contributed by atoms with Crippen LogP contribution >= 0.6 is 11.3 Å². The molecule has 0 aliphatic heterocycles. The zero-order valence-corrected chi connectivity index (χ0v) is 23.0. The number of carbonyl (C=O) groups excluding carboxylic acids is 1. The zero-order chi connectivity index (χ0) is 28.9. The van der Waals surface area contributed by atoms with Crippen LogP contribution in [0.3, 0.4) is 0 Å². The van der Waals surface area contributed by atoms with Crippen molar-refractivity contribution in [2.45, 2.75) is 46.3 Å². The largest absolute Gasteiger partial charge is 0.386 e. The molecular weight excluding hydrogens is 526 g/mol. The van der Waals surface area contributed by atoms with E-state index >= 15 is 0 Å². The molecule has 0 unspecified atom stereocenters. The van der Waals surface area contributed by atoms with E-state index < -0.39 is 23.1 Å². The predicted octanol–water partition coefficient (Wildman–Crippen LogP) is 5.56. The van der Waals surface area contributed by atoms with Gasteiger partial charge in [0.25, 0.3) is 5.91 Å². The Balaban J connectivity index is 1.65. The number of carbonyl (C=O) groups is 1. The number of halogens is 2. The summed E-state index contributed by atoms with van der Waals surface area (Å²) in [5.41, 5.74) is 12.4. The first kappa shape index (κ1) is 29.8. The van der Waals surface area contributed by atoms with Gasteiger partial charge in [-0.25, -0.2) is 8.78 Å². The fourth-order valence-electron chi connectivity index (χ4n) is 3.58. The van der Waals surface area contributed by atoms with Crippen molar-refractivity contribution in [2.75, 3.05) is 11.9 Å². The van der Waals surface area contributed by atoms with Gasteiger partial charge in [-0.05, 0) is 64.0 Å². The van der Waals surface area contributed by atoms with Crippen LogP contribution in [-0.2, 0) is 16.9 Å². The van der Waals surface area contributed by atoms with Gasteiger partial charge < -0.3 is 31.2 Å². The summed E-state index contributed by atoms with van der Waals surface area (Å²) in [5.74, 6) is -1.64. The molecule has 6 N–H and O–H groups in total. The molecule has 0 aliphatic carbocycles. The lowest BCUT2D eigenvalue weighted by Crippen LogP contribution is -2.16. The molecule has 3 rings (SSSR count). The molecule has 0 radical (unpaired) electrons. The van der Waals surface area contributed by atoms with E-state index in [-0.39, 0.29) is 32.4 Å². The molecule has 2 aromatic heterocycles. The standard InChI is InChI=1S/C28H32F2N4O4S/c1-15(9-10-37-14-20-16(2)34-38-17(20)3)7-6-8-24(31)33-27-19(26(32)35)13-23(39-27)25-21(29)11-18(12-22(25)30)28(4,5)36/h6-8,11-13,33,36H,1,9-10,14,31H2,2-5H3,(H2,32,35)/b7-6-,24-8+. The van der Waals surface area contributed by atoms with E-state index in [0.29, 0.717) is 19.6 Å². The Kier molecular flexibility index (Phi) is 9.44. The highest BCUT2D eigenvalue weighted by molar-refractivity contribution is 7.19. The van der Waals surface area contributed by atoms with Crippen molar-refractivity contribution >= 4 is 22.2 Å². The van der Waals surface area contributed by atoms with Crippen molar-refractivity contribution in [3.8, 4) is 10.4 Å². The molecule has 0 saturated heterocycles. The third kappa shape index (κ3) is 7.62. The topological polar surface area (TPSA) is 137 Å². The minimum absolute atomic E-state index is 0.0283. The van der Waals surface area contributed by atoms with E-state index in [0.717, 1.165) is 46.1 Å². The number of allylic oxidation sites excluding steroid dienone is 3. The van der Waals surface area contributed by atoms with Gasteiger partial charge in [0.2, 0.25) is 0 Å². The van der Waals surface area contributed by atoms with Gasteiger partial charge in [0, 0.05) is 10.4 Å². The van der Waals surface area contributed by atoms with Gasteiger partial charge >= 0.3 is 0 Å². The molecule has 11 heteroatoms. The number of amides is 1.